The summed E-state index contributed by atoms with van der Waals surface area (Å²) < 4.78 is 25.5. The van der Waals surface area contributed by atoms with Crippen molar-refractivity contribution < 1.29 is 8.42 Å². The van der Waals surface area contributed by atoms with Gasteiger partial charge < -0.3 is 5.73 Å². The molecule has 0 aromatic heterocycles. The Balaban J connectivity index is 3.18. The first-order chi connectivity index (χ1) is 7.90. The second-order valence-electron chi connectivity index (χ2n) is 4.12. The van der Waals surface area contributed by atoms with Gasteiger partial charge in [-0.2, -0.15) is 0 Å². The van der Waals surface area contributed by atoms with E-state index in [2.05, 4.69) is 0 Å². The number of anilines is 1. The van der Waals surface area contributed by atoms with Crippen LogP contribution >= 0.6 is 0 Å². The Kier molecular flexibility index (Phi) is 4.54. The molecule has 0 unspecified atom stereocenters. The average Bonchev–Trinajstić information content (AvgIpc) is 2.15. The van der Waals surface area contributed by atoms with Crippen molar-refractivity contribution in [2.45, 2.75) is 20.8 Å². The highest BCUT2D eigenvalue weighted by Crippen LogP contribution is 2.21. The van der Waals surface area contributed by atoms with Crippen molar-refractivity contribution in [2.75, 3.05) is 23.1 Å². The van der Waals surface area contributed by atoms with E-state index in [1.165, 1.54) is 4.31 Å². The highest BCUT2D eigenvalue weighted by Gasteiger charge is 2.20. The molecule has 1 rings (SSSR count). The molecule has 0 bridgehead atoms. The molecule has 0 saturated carbocycles. The summed E-state index contributed by atoms with van der Waals surface area (Å²) >= 11 is 0. The highest BCUT2D eigenvalue weighted by atomic mass is 32.2. The van der Waals surface area contributed by atoms with Crippen LogP contribution in [0.25, 0.3) is 0 Å². The minimum atomic E-state index is -3.30. The molecule has 0 atom stereocenters. The molecule has 2 N–H and O–H groups in total. The highest BCUT2D eigenvalue weighted by molar-refractivity contribution is 7.92. The number of hydrogen-bond donors (Lipinski definition) is 1. The minimum Gasteiger partial charge on any atom is -0.329 e. The number of nitrogens with zero attached hydrogens (tertiary/aromatic N) is 1. The molecule has 17 heavy (non-hydrogen) atoms. The van der Waals surface area contributed by atoms with E-state index in [4.69, 9.17) is 5.73 Å². The Hall–Kier alpha value is -1.07. The third-order valence-electron chi connectivity index (χ3n) is 2.49. The van der Waals surface area contributed by atoms with Crippen molar-refractivity contribution in [3.8, 4) is 0 Å². The van der Waals surface area contributed by atoms with E-state index in [-0.39, 0.29) is 12.3 Å². The van der Waals surface area contributed by atoms with Gasteiger partial charge in [-0.15, -0.1) is 0 Å². The quantitative estimate of drug-likeness (QED) is 0.866. The third-order valence-corrected chi connectivity index (χ3v) is 4.39. The summed E-state index contributed by atoms with van der Waals surface area (Å²) in [6.07, 6.45) is 0. The van der Waals surface area contributed by atoms with Crippen molar-refractivity contribution >= 4 is 15.7 Å². The summed E-state index contributed by atoms with van der Waals surface area (Å²) in [5.41, 5.74) is 8.17. The van der Waals surface area contributed by atoms with Gasteiger partial charge in [-0.05, 0) is 44.0 Å². The Morgan fingerprint density at radius 3 is 2.12 bits per heavy atom. The van der Waals surface area contributed by atoms with Gasteiger partial charge in [-0.3, -0.25) is 4.31 Å². The van der Waals surface area contributed by atoms with E-state index >= 15 is 0 Å². The first-order valence-electron chi connectivity index (χ1n) is 5.69. The van der Waals surface area contributed by atoms with Crippen molar-refractivity contribution in [2.24, 2.45) is 5.73 Å². The maximum atomic E-state index is 12.0. The monoisotopic (exact) mass is 256 g/mol. The predicted octanol–water partition coefficient (Wildman–Crippen LogP) is 1.42. The summed E-state index contributed by atoms with van der Waals surface area (Å²) in [5.74, 6) is -0.0200. The SMILES string of the molecule is CCN(c1cc(C)cc(C)c1)S(=O)(=O)CCN. The third kappa shape index (κ3) is 3.44. The molecule has 0 heterocycles. The average molecular weight is 256 g/mol. The summed E-state index contributed by atoms with van der Waals surface area (Å²) in [7, 11) is -3.30. The van der Waals surface area contributed by atoms with Crippen molar-refractivity contribution in [3.63, 3.8) is 0 Å². The van der Waals surface area contributed by atoms with Crippen LogP contribution in [-0.2, 0) is 10.0 Å². The summed E-state index contributed by atoms with van der Waals surface area (Å²) in [4.78, 5) is 0. The molecule has 0 saturated heterocycles. The number of aryl methyl sites for hydroxylation is 2. The largest absolute Gasteiger partial charge is 0.329 e. The lowest BCUT2D eigenvalue weighted by atomic mass is 10.1. The summed E-state index contributed by atoms with van der Waals surface area (Å²) in [5, 5.41) is 0. The van der Waals surface area contributed by atoms with Crippen molar-refractivity contribution in [3.05, 3.63) is 29.3 Å². The molecule has 0 aliphatic heterocycles. The van der Waals surface area contributed by atoms with Crippen LogP contribution in [0.3, 0.4) is 0 Å². The Bertz CT molecular complexity index is 463. The van der Waals surface area contributed by atoms with Gasteiger partial charge in [0.1, 0.15) is 0 Å². The van der Waals surface area contributed by atoms with Gasteiger partial charge >= 0.3 is 0 Å². The fraction of sp³-hybridized carbons (Fsp3) is 0.500. The van der Waals surface area contributed by atoms with Crippen LogP contribution in [0.4, 0.5) is 5.69 Å². The minimum absolute atomic E-state index is 0.0200. The van der Waals surface area contributed by atoms with E-state index in [0.29, 0.717) is 6.54 Å². The number of hydrogen-bond acceptors (Lipinski definition) is 3. The molecule has 0 amide bonds. The lowest BCUT2D eigenvalue weighted by molar-refractivity contribution is 0.591. The molecule has 4 nitrogen and oxygen atoms in total. The van der Waals surface area contributed by atoms with Gasteiger partial charge in [-0.25, -0.2) is 8.42 Å². The molecular formula is C12H20N2O2S. The van der Waals surface area contributed by atoms with E-state index in [1.54, 1.807) is 0 Å². The van der Waals surface area contributed by atoms with E-state index in [0.717, 1.165) is 16.8 Å². The van der Waals surface area contributed by atoms with Crippen LogP contribution in [0.1, 0.15) is 18.1 Å². The van der Waals surface area contributed by atoms with Gasteiger partial charge in [0.25, 0.3) is 0 Å². The molecule has 0 aliphatic carbocycles. The van der Waals surface area contributed by atoms with Crippen molar-refractivity contribution in [1.82, 2.24) is 0 Å². The molecule has 0 fully saturated rings. The second-order valence-corrected chi connectivity index (χ2v) is 6.13. The van der Waals surface area contributed by atoms with Crippen LogP contribution in [0.15, 0.2) is 18.2 Å². The normalized spacial score (nSPS) is 11.5. The maximum Gasteiger partial charge on any atom is 0.236 e. The molecular weight excluding hydrogens is 236 g/mol. The number of rotatable bonds is 5. The van der Waals surface area contributed by atoms with Crippen LogP contribution in [0, 0.1) is 13.8 Å². The topological polar surface area (TPSA) is 63.4 Å². The zero-order valence-corrected chi connectivity index (χ0v) is 11.4. The molecule has 0 radical (unpaired) electrons. The van der Waals surface area contributed by atoms with Crippen LogP contribution in [0.5, 0.6) is 0 Å². The molecule has 1 aromatic carbocycles. The van der Waals surface area contributed by atoms with Gasteiger partial charge in [0, 0.05) is 13.1 Å². The predicted molar refractivity (Wildman–Crippen MR) is 71.8 cm³/mol. The number of benzene rings is 1. The van der Waals surface area contributed by atoms with Gasteiger partial charge in [0.15, 0.2) is 0 Å². The van der Waals surface area contributed by atoms with Crippen LogP contribution in [-0.4, -0.2) is 27.3 Å². The first kappa shape index (κ1) is 14.0. The molecule has 96 valence electrons. The Labute approximate surface area is 103 Å². The van der Waals surface area contributed by atoms with Crippen LogP contribution < -0.4 is 10.0 Å². The summed E-state index contributed by atoms with van der Waals surface area (Å²) in [6, 6.07) is 5.78. The molecule has 0 aliphatic rings. The smallest absolute Gasteiger partial charge is 0.236 e. The maximum absolute atomic E-state index is 12.0. The van der Waals surface area contributed by atoms with Crippen molar-refractivity contribution in [1.29, 1.82) is 0 Å². The molecule has 0 spiro atoms. The second kappa shape index (κ2) is 5.51. The Morgan fingerprint density at radius 2 is 1.71 bits per heavy atom. The van der Waals surface area contributed by atoms with E-state index in [9.17, 15) is 8.42 Å². The fourth-order valence-corrected chi connectivity index (χ4v) is 3.23. The summed E-state index contributed by atoms with van der Waals surface area (Å²) in [6.45, 7) is 6.31. The standard InChI is InChI=1S/C12H20N2O2S/c1-4-14(17(15,16)6-5-13)12-8-10(2)7-11(3)9-12/h7-9H,4-6,13H2,1-3H3. The zero-order chi connectivity index (χ0) is 13.1. The number of sulfonamides is 1. The van der Waals surface area contributed by atoms with Gasteiger partial charge in [0.05, 0.1) is 11.4 Å². The Morgan fingerprint density at radius 1 is 1.18 bits per heavy atom. The lowest BCUT2D eigenvalue weighted by Crippen LogP contribution is -2.35. The van der Waals surface area contributed by atoms with E-state index < -0.39 is 10.0 Å². The first-order valence-corrected chi connectivity index (χ1v) is 7.30. The molecule has 1 aromatic rings. The molecule has 5 heteroatoms. The number of nitrogens with two attached hydrogens (primary N) is 1. The van der Waals surface area contributed by atoms with Gasteiger partial charge in [0.2, 0.25) is 10.0 Å². The zero-order valence-electron chi connectivity index (χ0n) is 10.6. The van der Waals surface area contributed by atoms with Crippen LogP contribution in [0.2, 0.25) is 0 Å². The van der Waals surface area contributed by atoms with Gasteiger partial charge in [-0.1, -0.05) is 6.07 Å². The fourth-order valence-electron chi connectivity index (χ4n) is 1.89. The van der Waals surface area contributed by atoms with E-state index in [1.807, 2.05) is 39.0 Å². The lowest BCUT2D eigenvalue weighted by Gasteiger charge is -2.23.